The maximum absolute atomic E-state index is 13.8. The van der Waals surface area contributed by atoms with E-state index in [4.69, 9.17) is 16.7 Å². The van der Waals surface area contributed by atoms with Gasteiger partial charge in [-0.15, -0.1) is 0 Å². The second-order valence-electron chi connectivity index (χ2n) is 5.82. The topological polar surface area (TPSA) is 66.3 Å². The van der Waals surface area contributed by atoms with Crippen molar-refractivity contribution in [1.29, 1.82) is 0 Å². The maximum Gasteiger partial charge on any atom is 0.323 e. The number of rotatable bonds is 5. The minimum absolute atomic E-state index is 0.0309. The van der Waals surface area contributed by atoms with Crippen LogP contribution in [0.3, 0.4) is 0 Å². The van der Waals surface area contributed by atoms with E-state index in [0.29, 0.717) is 22.6 Å². The number of halogens is 3. The molecule has 138 valence electrons. The van der Waals surface area contributed by atoms with Crippen molar-refractivity contribution in [2.45, 2.75) is 0 Å². The molecule has 8 heteroatoms. The molecule has 0 unspecified atom stereocenters. The smallest absolute Gasteiger partial charge is 0.323 e. The molecule has 2 aromatic carbocycles. The first-order valence-corrected chi connectivity index (χ1v) is 8.24. The summed E-state index contributed by atoms with van der Waals surface area (Å²) >= 11 is 5.72. The molecular weight excluding hydrogens is 376 g/mol. The second-order valence-corrected chi connectivity index (χ2v) is 6.23. The Morgan fingerprint density at radius 2 is 1.74 bits per heavy atom. The van der Waals surface area contributed by atoms with Crippen LogP contribution in [0.4, 0.5) is 14.6 Å². The summed E-state index contributed by atoms with van der Waals surface area (Å²) in [6.07, 6.45) is 0. The summed E-state index contributed by atoms with van der Waals surface area (Å²) in [7, 11) is 1.57. The van der Waals surface area contributed by atoms with Crippen molar-refractivity contribution in [3.8, 4) is 22.6 Å². The first-order valence-electron chi connectivity index (χ1n) is 7.87. The number of carboxylic acid groups (broad SMARTS) is 1. The highest BCUT2D eigenvalue weighted by Crippen LogP contribution is 2.27. The van der Waals surface area contributed by atoms with E-state index in [-0.39, 0.29) is 17.4 Å². The summed E-state index contributed by atoms with van der Waals surface area (Å²) in [4.78, 5) is 21.2. The van der Waals surface area contributed by atoms with Crippen LogP contribution in [0.25, 0.3) is 22.6 Å². The van der Waals surface area contributed by atoms with Crippen LogP contribution >= 0.6 is 11.6 Å². The maximum atomic E-state index is 13.8. The Bertz CT molecular complexity index is 997. The molecule has 5 nitrogen and oxygen atoms in total. The van der Waals surface area contributed by atoms with Crippen LogP contribution in [-0.2, 0) is 4.79 Å². The largest absolute Gasteiger partial charge is 0.480 e. The van der Waals surface area contributed by atoms with Gasteiger partial charge in [-0.1, -0.05) is 11.6 Å². The Balaban J connectivity index is 2.13. The number of aromatic nitrogens is 2. The van der Waals surface area contributed by atoms with Crippen LogP contribution in [0.2, 0.25) is 5.02 Å². The molecule has 0 radical (unpaired) electrons. The van der Waals surface area contributed by atoms with Gasteiger partial charge >= 0.3 is 5.97 Å². The fourth-order valence-electron chi connectivity index (χ4n) is 2.45. The number of benzene rings is 2. The van der Waals surface area contributed by atoms with E-state index in [9.17, 15) is 13.6 Å². The molecule has 3 aromatic rings. The Morgan fingerprint density at radius 1 is 1.07 bits per heavy atom. The Morgan fingerprint density at radius 3 is 2.37 bits per heavy atom. The van der Waals surface area contributed by atoms with Gasteiger partial charge in [0, 0.05) is 24.2 Å². The predicted octanol–water partition coefficient (Wildman–Crippen LogP) is 4.26. The minimum Gasteiger partial charge on any atom is -0.480 e. The average Bonchev–Trinajstić information content (AvgIpc) is 2.63. The van der Waals surface area contributed by atoms with Crippen molar-refractivity contribution in [2.24, 2.45) is 0 Å². The van der Waals surface area contributed by atoms with Gasteiger partial charge in [-0.2, -0.15) is 0 Å². The zero-order chi connectivity index (χ0) is 19.6. The van der Waals surface area contributed by atoms with Gasteiger partial charge in [0.05, 0.1) is 10.7 Å². The molecule has 0 spiro atoms. The third-order valence-electron chi connectivity index (χ3n) is 3.79. The number of nitrogens with zero attached hydrogens (tertiary/aromatic N) is 3. The van der Waals surface area contributed by atoms with Gasteiger partial charge in [-0.25, -0.2) is 18.7 Å². The number of aliphatic carboxylic acids is 1. The highest BCUT2D eigenvalue weighted by molar-refractivity contribution is 6.30. The van der Waals surface area contributed by atoms with Crippen LogP contribution in [-0.4, -0.2) is 34.6 Å². The number of likely N-dealkylation sites (N-methyl/N-ethyl adjacent to an activating group) is 1. The molecule has 3 rings (SSSR count). The van der Waals surface area contributed by atoms with Gasteiger partial charge in [-0.05, 0) is 42.5 Å². The molecule has 0 aliphatic carbocycles. The molecule has 0 aliphatic heterocycles. The lowest BCUT2D eigenvalue weighted by Crippen LogP contribution is -2.26. The molecule has 27 heavy (non-hydrogen) atoms. The molecule has 1 aromatic heterocycles. The summed E-state index contributed by atoms with van der Waals surface area (Å²) in [5.74, 6) is -1.52. The van der Waals surface area contributed by atoms with Crippen molar-refractivity contribution >= 4 is 23.4 Å². The average molecular weight is 390 g/mol. The monoisotopic (exact) mass is 389 g/mol. The van der Waals surface area contributed by atoms with E-state index in [0.717, 1.165) is 0 Å². The van der Waals surface area contributed by atoms with Crippen molar-refractivity contribution < 1.29 is 18.7 Å². The van der Waals surface area contributed by atoms with E-state index in [1.807, 2.05) is 0 Å². The first kappa shape index (κ1) is 18.7. The quantitative estimate of drug-likeness (QED) is 0.706. The van der Waals surface area contributed by atoms with Gasteiger partial charge in [0.15, 0.2) is 5.82 Å². The molecule has 0 atom stereocenters. The Hall–Kier alpha value is -3.06. The number of hydrogen-bond acceptors (Lipinski definition) is 4. The van der Waals surface area contributed by atoms with Crippen LogP contribution in [0, 0.1) is 11.6 Å². The summed E-state index contributed by atoms with van der Waals surface area (Å²) < 4.78 is 27.1. The van der Waals surface area contributed by atoms with Crippen LogP contribution in [0.15, 0.2) is 48.5 Å². The van der Waals surface area contributed by atoms with E-state index >= 15 is 0 Å². The highest BCUT2D eigenvalue weighted by Gasteiger charge is 2.14. The predicted molar refractivity (Wildman–Crippen MR) is 98.7 cm³/mol. The van der Waals surface area contributed by atoms with E-state index in [2.05, 4.69) is 9.97 Å². The number of hydrogen-bond donors (Lipinski definition) is 1. The van der Waals surface area contributed by atoms with Gasteiger partial charge < -0.3 is 10.0 Å². The Kier molecular flexibility index (Phi) is 5.32. The minimum atomic E-state index is -1.03. The number of carboxylic acids is 1. The molecule has 0 bridgehead atoms. The summed E-state index contributed by atoms with van der Waals surface area (Å²) in [6, 6.07) is 11.4. The zero-order valence-corrected chi connectivity index (χ0v) is 14.9. The zero-order valence-electron chi connectivity index (χ0n) is 14.2. The number of carbonyl (C=O) groups is 1. The van der Waals surface area contributed by atoms with Crippen LogP contribution < -0.4 is 4.90 Å². The first-order chi connectivity index (χ1) is 12.8. The summed E-state index contributed by atoms with van der Waals surface area (Å²) in [5, 5.41) is 8.99. The van der Waals surface area contributed by atoms with Gasteiger partial charge in [-0.3, -0.25) is 4.79 Å². The lowest BCUT2D eigenvalue weighted by Gasteiger charge is -2.17. The van der Waals surface area contributed by atoms with E-state index in [1.165, 1.54) is 29.2 Å². The van der Waals surface area contributed by atoms with Crippen molar-refractivity contribution in [3.05, 3.63) is 65.2 Å². The normalized spacial score (nSPS) is 10.7. The van der Waals surface area contributed by atoms with Crippen LogP contribution in [0.5, 0.6) is 0 Å². The summed E-state index contributed by atoms with van der Waals surface area (Å²) in [5.41, 5.74) is 1.44. The third kappa shape index (κ3) is 4.38. The SMILES string of the molecule is CN(CC(=O)O)c1cc(-c2ccc(F)cc2)nc(-c2ccc(Cl)c(F)c2)n1. The fraction of sp³-hybridized carbons (Fsp3) is 0.105. The molecule has 0 aliphatic rings. The highest BCUT2D eigenvalue weighted by atomic mass is 35.5. The molecule has 0 fully saturated rings. The van der Waals surface area contributed by atoms with Gasteiger partial charge in [0.1, 0.15) is 24.0 Å². The second kappa shape index (κ2) is 7.67. The fourth-order valence-corrected chi connectivity index (χ4v) is 2.56. The van der Waals surface area contributed by atoms with E-state index in [1.54, 1.807) is 31.3 Å². The van der Waals surface area contributed by atoms with Crippen molar-refractivity contribution in [2.75, 3.05) is 18.5 Å². The standard InChI is InChI=1S/C19H14ClF2N3O2/c1-25(10-18(26)27)17-9-16(11-2-5-13(21)6-3-11)23-19(24-17)12-4-7-14(20)15(22)8-12/h2-9H,10H2,1H3,(H,26,27). The van der Waals surface area contributed by atoms with Gasteiger partial charge in [0.25, 0.3) is 0 Å². The molecular formula is C19H14ClF2N3O2. The lowest BCUT2D eigenvalue weighted by atomic mass is 10.1. The third-order valence-corrected chi connectivity index (χ3v) is 4.10. The van der Waals surface area contributed by atoms with Crippen molar-refractivity contribution in [1.82, 2.24) is 9.97 Å². The molecule has 1 heterocycles. The van der Waals surface area contributed by atoms with E-state index < -0.39 is 17.6 Å². The van der Waals surface area contributed by atoms with Gasteiger partial charge in [0.2, 0.25) is 0 Å². The van der Waals surface area contributed by atoms with Crippen molar-refractivity contribution in [3.63, 3.8) is 0 Å². The lowest BCUT2D eigenvalue weighted by molar-refractivity contribution is -0.135. The molecule has 0 saturated heterocycles. The molecule has 0 amide bonds. The number of anilines is 1. The van der Waals surface area contributed by atoms with Crippen LogP contribution in [0.1, 0.15) is 0 Å². The molecule has 1 N–H and O–H groups in total. The molecule has 0 saturated carbocycles. The summed E-state index contributed by atoms with van der Waals surface area (Å²) in [6.45, 7) is -0.283. The Labute approximate surface area is 158 Å².